The van der Waals surface area contributed by atoms with Crippen LogP contribution in [0.1, 0.15) is 23.6 Å². The van der Waals surface area contributed by atoms with Gasteiger partial charge in [0.05, 0.1) is 7.11 Å². The second-order valence-electron chi connectivity index (χ2n) is 7.44. The van der Waals surface area contributed by atoms with Crippen LogP contribution in [-0.4, -0.2) is 41.9 Å². The third-order valence-corrected chi connectivity index (χ3v) is 5.26. The number of carbonyl (C=O) groups is 3. The number of aryl methyl sites for hydroxylation is 1. The maximum atomic E-state index is 13.0. The van der Waals surface area contributed by atoms with Crippen molar-refractivity contribution in [3.05, 3.63) is 59.2 Å². The van der Waals surface area contributed by atoms with Gasteiger partial charge >= 0.3 is 6.03 Å². The number of anilines is 1. The van der Waals surface area contributed by atoms with Crippen molar-refractivity contribution in [1.82, 2.24) is 10.2 Å². The number of hydrogen-bond acceptors (Lipinski definition) is 4. The molecule has 0 bridgehead atoms. The minimum atomic E-state index is -1.15. The van der Waals surface area contributed by atoms with Gasteiger partial charge in [0.1, 0.15) is 17.8 Å². The SMILES string of the molecule is COc1ccccc1C[C@]1(C)NC(=O)N(CC(=O)Nc2cccc(C)c2C)C1=O. The molecule has 4 amide bonds. The lowest BCUT2D eigenvalue weighted by atomic mass is 9.92. The van der Waals surface area contributed by atoms with E-state index in [1.54, 1.807) is 26.2 Å². The molecule has 29 heavy (non-hydrogen) atoms. The molecule has 0 aliphatic carbocycles. The van der Waals surface area contributed by atoms with E-state index in [0.717, 1.165) is 21.6 Å². The van der Waals surface area contributed by atoms with Crippen molar-refractivity contribution in [2.24, 2.45) is 0 Å². The molecular weight excluding hydrogens is 370 g/mol. The van der Waals surface area contributed by atoms with E-state index in [2.05, 4.69) is 10.6 Å². The van der Waals surface area contributed by atoms with E-state index in [0.29, 0.717) is 11.4 Å². The summed E-state index contributed by atoms with van der Waals surface area (Å²) in [4.78, 5) is 38.9. The van der Waals surface area contributed by atoms with Gasteiger partial charge in [0, 0.05) is 12.1 Å². The molecule has 1 saturated heterocycles. The van der Waals surface area contributed by atoms with Crippen molar-refractivity contribution in [1.29, 1.82) is 0 Å². The number of rotatable bonds is 6. The van der Waals surface area contributed by atoms with Crippen molar-refractivity contribution < 1.29 is 19.1 Å². The summed E-state index contributed by atoms with van der Waals surface area (Å²) in [6, 6.07) is 12.3. The molecule has 3 rings (SSSR count). The third-order valence-electron chi connectivity index (χ3n) is 5.26. The topological polar surface area (TPSA) is 87.7 Å². The Bertz CT molecular complexity index is 972. The van der Waals surface area contributed by atoms with E-state index < -0.39 is 23.4 Å². The average molecular weight is 395 g/mol. The van der Waals surface area contributed by atoms with Crippen molar-refractivity contribution >= 4 is 23.5 Å². The van der Waals surface area contributed by atoms with Gasteiger partial charge < -0.3 is 15.4 Å². The number of nitrogens with one attached hydrogen (secondary N) is 2. The van der Waals surface area contributed by atoms with Crippen LogP contribution in [0, 0.1) is 13.8 Å². The van der Waals surface area contributed by atoms with Gasteiger partial charge in [-0.15, -0.1) is 0 Å². The molecule has 0 saturated carbocycles. The van der Waals surface area contributed by atoms with Crippen LogP contribution in [0.4, 0.5) is 10.5 Å². The van der Waals surface area contributed by atoms with Crippen LogP contribution in [-0.2, 0) is 16.0 Å². The Kier molecular flexibility index (Phi) is 5.59. The number of methoxy groups -OCH3 is 1. The summed E-state index contributed by atoms with van der Waals surface area (Å²) in [7, 11) is 1.56. The number of hydrogen-bond donors (Lipinski definition) is 2. The summed E-state index contributed by atoms with van der Waals surface area (Å²) in [6.07, 6.45) is 0.261. The molecule has 7 heteroatoms. The largest absolute Gasteiger partial charge is 0.496 e. The first-order valence-electron chi connectivity index (χ1n) is 9.37. The van der Waals surface area contributed by atoms with Gasteiger partial charge in [-0.1, -0.05) is 30.3 Å². The number of imide groups is 1. The number of ether oxygens (including phenoxy) is 1. The Labute approximate surface area is 170 Å². The summed E-state index contributed by atoms with van der Waals surface area (Å²) in [5, 5.41) is 5.50. The van der Waals surface area contributed by atoms with E-state index >= 15 is 0 Å². The molecule has 2 N–H and O–H groups in total. The van der Waals surface area contributed by atoms with Crippen LogP contribution in [0.25, 0.3) is 0 Å². The van der Waals surface area contributed by atoms with Gasteiger partial charge in [0.2, 0.25) is 5.91 Å². The van der Waals surface area contributed by atoms with E-state index in [4.69, 9.17) is 4.74 Å². The fraction of sp³-hybridized carbons (Fsp3) is 0.318. The number of benzene rings is 2. The molecule has 1 atom stereocenters. The highest BCUT2D eigenvalue weighted by Gasteiger charge is 2.48. The van der Waals surface area contributed by atoms with Crippen molar-refractivity contribution in [3.8, 4) is 5.75 Å². The van der Waals surface area contributed by atoms with Gasteiger partial charge in [0.25, 0.3) is 5.91 Å². The Morgan fingerprint density at radius 2 is 1.86 bits per heavy atom. The molecule has 2 aromatic rings. The molecule has 1 heterocycles. The lowest BCUT2D eigenvalue weighted by molar-refractivity contribution is -0.133. The van der Waals surface area contributed by atoms with E-state index in [-0.39, 0.29) is 13.0 Å². The predicted octanol–water partition coefficient (Wildman–Crippen LogP) is 2.80. The maximum Gasteiger partial charge on any atom is 0.325 e. The van der Waals surface area contributed by atoms with Crippen LogP contribution >= 0.6 is 0 Å². The second-order valence-corrected chi connectivity index (χ2v) is 7.44. The summed E-state index contributed by atoms with van der Waals surface area (Å²) in [6.45, 7) is 5.16. The standard InChI is InChI=1S/C22H25N3O4/c1-14-8-7-10-17(15(14)2)23-19(26)13-25-20(27)22(3,24-21(25)28)12-16-9-5-6-11-18(16)29-4/h5-11H,12-13H2,1-4H3,(H,23,26)(H,24,28)/t22-/m0/s1. The molecule has 0 aromatic heterocycles. The number of para-hydroxylation sites is 1. The highest BCUT2D eigenvalue weighted by atomic mass is 16.5. The number of carbonyl (C=O) groups excluding carboxylic acids is 3. The predicted molar refractivity (Wildman–Crippen MR) is 110 cm³/mol. The number of nitrogens with zero attached hydrogens (tertiary/aromatic N) is 1. The van der Waals surface area contributed by atoms with Crippen molar-refractivity contribution in [2.45, 2.75) is 32.7 Å². The minimum Gasteiger partial charge on any atom is -0.496 e. The molecule has 7 nitrogen and oxygen atoms in total. The van der Waals surface area contributed by atoms with Gasteiger partial charge in [-0.05, 0) is 49.6 Å². The molecule has 1 aliphatic heterocycles. The molecule has 0 unspecified atom stereocenters. The zero-order chi connectivity index (χ0) is 21.2. The Morgan fingerprint density at radius 3 is 2.59 bits per heavy atom. The Hall–Kier alpha value is -3.35. The first kappa shape index (κ1) is 20.4. The smallest absolute Gasteiger partial charge is 0.325 e. The quantitative estimate of drug-likeness (QED) is 0.737. The van der Waals surface area contributed by atoms with E-state index in [1.165, 1.54) is 0 Å². The summed E-state index contributed by atoms with van der Waals surface area (Å²) >= 11 is 0. The lowest BCUT2D eigenvalue weighted by Crippen LogP contribution is -2.46. The fourth-order valence-electron chi connectivity index (χ4n) is 3.46. The molecule has 0 radical (unpaired) electrons. The molecule has 1 fully saturated rings. The van der Waals surface area contributed by atoms with Crippen LogP contribution < -0.4 is 15.4 Å². The van der Waals surface area contributed by atoms with Crippen LogP contribution in [0.3, 0.4) is 0 Å². The second kappa shape index (κ2) is 7.95. The van der Waals surface area contributed by atoms with Gasteiger partial charge in [-0.3, -0.25) is 14.5 Å². The lowest BCUT2D eigenvalue weighted by Gasteiger charge is -2.22. The zero-order valence-corrected chi connectivity index (χ0v) is 17.0. The molecule has 0 spiro atoms. The minimum absolute atomic E-state index is 0.261. The number of urea groups is 1. The van der Waals surface area contributed by atoms with E-state index in [9.17, 15) is 14.4 Å². The Balaban J connectivity index is 1.73. The summed E-state index contributed by atoms with van der Waals surface area (Å²) in [5.74, 6) is -0.227. The van der Waals surface area contributed by atoms with Gasteiger partial charge in [0.15, 0.2) is 0 Å². The van der Waals surface area contributed by atoms with Gasteiger partial charge in [-0.2, -0.15) is 0 Å². The van der Waals surface area contributed by atoms with Gasteiger partial charge in [-0.25, -0.2) is 4.79 Å². The fourth-order valence-corrected chi connectivity index (χ4v) is 3.46. The first-order chi connectivity index (χ1) is 13.7. The Morgan fingerprint density at radius 1 is 1.14 bits per heavy atom. The van der Waals surface area contributed by atoms with Crippen LogP contribution in [0.2, 0.25) is 0 Å². The summed E-state index contributed by atoms with van der Waals surface area (Å²) in [5.41, 5.74) is 2.30. The normalized spacial score (nSPS) is 18.6. The molecular formula is C22H25N3O4. The molecule has 152 valence electrons. The summed E-state index contributed by atoms with van der Waals surface area (Å²) < 4.78 is 5.34. The van der Waals surface area contributed by atoms with Crippen molar-refractivity contribution in [3.63, 3.8) is 0 Å². The van der Waals surface area contributed by atoms with Crippen LogP contribution in [0.5, 0.6) is 5.75 Å². The maximum absolute atomic E-state index is 13.0. The average Bonchev–Trinajstić information content (AvgIpc) is 2.89. The monoisotopic (exact) mass is 395 g/mol. The molecule has 2 aromatic carbocycles. The first-order valence-corrected chi connectivity index (χ1v) is 9.37. The highest BCUT2D eigenvalue weighted by molar-refractivity contribution is 6.10. The van der Waals surface area contributed by atoms with Crippen LogP contribution in [0.15, 0.2) is 42.5 Å². The highest BCUT2D eigenvalue weighted by Crippen LogP contribution is 2.27. The van der Waals surface area contributed by atoms with E-state index in [1.807, 2.05) is 44.2 Å². The number of amides is 4. The third kappa shape index (κ3) is 4.08. The molecule has 1 aliphatic rings. The zero-order valence-electron chi connectivity index (χ0n) is 17.0. The van der Waals surface area contributed by atoms with Crippen molar-refractivity contribution in [2.75, 3.05) is 19.0 Å².